The highest BCUT2D eigenvalue weighted by Crippen LogP contribution is 2.28. The van der Waals surface area contributed by atoms with Gasteiger partial charge in [-0.2, -0.15) is 0 Å². The van der Waals surface area contributed by atoms with Gasteiger partial charge in [0, 0.05) is 22.8 Å². The Bertz CT molecular complexity index is 592. The summed E-state index contributed by atoms with van der Waals surface area (Å²) >= 11 is 9.34. The Morgan fingerprint density at radius 3 is 2.79 bits per heavy atom. The van der Waals surface area contributed by atoms with Crippen molar-refractivity contribution in [3.05, 3.63) is 57.3 Å². The maximum atomic E-state index is 13.2. The summed E-state index contributed by atoms with van der Waals surface area (Å²) in [5.41, 5.74) is 1.70. The van der Waals surface area contributed by atoms with Crippen LogP contribution in [0.5, 0.6) is 5.75 Å². The molecule has 0 spiro atoms. The van der Waals surface area contributed by atoms with Crippen molar-refractivity contribution in [3.8, 4) is 5.75 Å². The SMILES string of the molecule is COc1cc(NCc2cc(F)ccc2Br)ccc1Cl. The van der Waals surface area contributed by atoms with Gasteiger partial charge in [0.05, 0.1) is 12.1 Å². The molecule has 2 aromatic rings. The second-order valence-corrected chi connectivity index (χ2v) is 5.20. The molecule has 0 saturated carbocycles. The van der Waals surface area contributed by atoms with Crippen molar-refractivity contribution in [2.24, 2.45) is 0 Å². The number of ether oxygens (including phenoxy) is 1. The molecule has 19 heavy (non-hydrogen) atoms. The number of methoxy groups -OCH3 is 1. The predicted octanol–water partition coefficient (Wildman–Crippen LogP) is 4.86. The molecule has 0 aliphatic rings. The Hall–Kier alpha value is -1.26. The topological polar surface area (TPSA) is 21.3 Å². The molecule has 0 bridgehead atoms. The molecule has 100 valence electrons. The molecule has 0 atom stereocenters. The molecular formula is C14H12BrClFNO. The van der Waals surface area contributed by atoms with Gasteiger partial charge in [0.15, 0.2) is 0 Å². The van der Waals surface area contributed by atoms with Gasteiger partial charge >= 0.3 is 0 Å². The highest BCUT2D eigenvalue weighted by molar-refractivity contribution is 9.10. The minimum atomic E-state index is -0.256. The van der Waals surface area contributed by atoms with Crippen molar-refractivity contribution in [3.63, 3.8) is 0 Å². The van der Waals surface area contributed by atoms with Crippen LogP contribution in [0, 0.1) is 5.82 Å². The fourth-order valence-electron chi connectivity index (χ4n) is 1.65. The van der Waals surface area contributed by atoms with Gasteiger partial charge in [-0.3, -0.25) is 0 Å². The number of hydrogen-bond acceptors (Lipinski definition) is 2. The fourth-order valence-corrected chi connectivity index (χ4v) is 2.23. The van der Waals surface area contributed by atoms with Crippen molar-refractivity contribution >= 4 is 33.2 Å². The minimum Gasteiger partial charge on any atom is -0.495 e. The summed E-state index contributed by atoms with van der Waals surface area (Å²) < 4.78 is 19.2. The first kappa shape index (κ1) is 14.2. The van der Waals surface area contributed by atoms with Crippen molar-refractivity contribution in [1.29, 1.82) is 0 Å². The number of nitrogens with one attached hydrogen (secondary N) is 1. The zero-order chi connectivity index (χ0) is 13.8. The van der Waals surface area contributed by atoms with Crippen LogP contribution in [0.15, 0.2) is 40.9 Å². The van der Waals surface area contributed by atoms with E-state index >= 15 is 0 Å². The van der Waals surface area contributed by atoms with Gasteiger partial charge in [-0.1, -0.05) is 27.5 Å². The summed E-state index contributed by atoms with van der Waals surface area (Å²) in [6.45, 7) is 0.503. The predicted molar refractivity (Wildman–Crippen MR) is 79.4 cm³/mol. The lowest BCUT2D eigenvalue weighted by Crippen LogP contribution is -2.01. The number of benzene rings is 2. The second-order valence-electron chi connectivity index (χ2n) is 3.94. The highest BCUT2D eigenvalue weighted by Gasteiger charge is 2.04. The molecular weight excluding hydrogens is 333 g/mol. The third-order valence-corrected chi connectivity index (χ3v) is 3.73. The number of hydrogen-bond donors (Lipinski definition) is 1. The summed E-state index contributed by atoms with van der Waals surface area (Å²) in [6, 6.07) is 9.99. The zero-order valence-corrected chi connectivity index (χ0v) is 12.6. The zero-order valence-electron chi connectivity index (χ0n) is 10.2. The Morgan fingerprint density at radius 2 is 2.05 bits per heavy atom. The van der Waals surface area contributed by atoms with Gasteiger partial charge in [0.25, 0.3) is 0 Å². The van der Waals surface area contributed by atoms with E-state index in [-0.39, 0.29) is 5.82 Å². The molecule has 2 rings (SSSR count). The van der Waals surface area contributed by atoms with Crippen LogP contribution < -0.4 is 10.1 Å². The molecule has 0 amide bonds. The third kappa shape index (κ3) is 3.61. The summed E-state index contributed by atoms with van der Waals surface area (Å²) in [4.78, 5) is 0. The summed E-state index contributed by atoms with van der Waals surface area (Å²) in [7, 11) is 1.56. The smallest absolute Gasteiger partial charge is 0.139 e. The molecule has 0 fully saturated rings. The van der Waals surface area contributed by atoms with Gasteiger partial charge in [-0.25, -0.2) is 4.39 Å². The van der Waals surface area contributed by atoms with Gasteiger partial charge in [-0.05, 0) is 35.9 Å². The van der Waals surface area contributed by atoms with E-state index in [1.54, 1.807) is 25.3 Å². The molecule has 0 radical (unpaired) electrons. The average Bonchev–Trinajstić information content (AvgIpc) is 2.41. The molecule has 2 aromatic carbocycles. The normalized spacial score (nSPS) is 10.3. The summed E-state index contributed by atoms with van der Waals surface area (Å²) in [6.07, 6.45) is 0. The van der Waals surface area contributed by atoms with Crippen LogP contribution in [0.2, 0.25) is 5.02 Å². The Balaban J connectivity index is 2.12. The maximum absolute atomic E-state index is 13.2. The van der Waals surface area contributed by atoms with Crippen LogP contribution in [0.4, 0.5) is 10.1 Å². The van der Waals surface area contributed by atoms with Gasteiger partial charge in [0.2, 0.25) is 0 Å². The molecule has 0 aliphatic heterocycles. The van der Waals surface area contributed by atoms with E-state index in [2.05, 4.69) is 21.2 Å². The molecule has 0 heterocycles. The van der Waals surface area contributed by atoms with Crippen LogP contribution in [0.3, 0.4) is 0 Å². The van der Waals surface area contributed by atoms with Crippen molar-refractivity contribution in [1.82, 2.24) is 0 Å². The second kappa shape index (κ2) is 6.26. The van der Waals surface area contributed by atoms with E-state index in [0.717, 1.165) is 15.7 Å². The third-order valence-electron chi connectivity index (χ3n) is 2.64. The first-order valence-electron chi connectivity index (χ1n) is 5.61. The largest absolute Gasteiger partial charge is 0.495 e. The minimum absolute atomic E-state index is 0.256. The standard InChI is InChI=1S/C14H12BrClFNO/c1-19-14-7-11(3-5-13(14)16)18-8-9-6-10(17)2-4-12(9)15/h2-7,18H,8H2,1H3. The van der Waals surface area contributed by atoms with Crippen molar-refractivity contribution in [2.75, 3.05) is 12.4 Å². The van der Waals surface area contributed by atoms with E-state index in [1.165, 1.54) is 12.1 Å². The fraction of sp³-hybridized carbons (Fsp3) is 0.143. The molecule has 1 N–H and O–H groups in total. The van der Waals surface area contributed by atoms with Gasteiger partial charge in [-0.15, -0.1) is 0 Å². The monoisotopic (exact) mass is 343 g/mol. The molecule has 5 heteroatoms. The Labute approximate surface area is 124 Å². The lowest BCUT2D eigenvalue weighted by atomic mass is 10.2. The van der Waals surface area contributed by atoms with E-state index < -0.39 is 0 Å². The Kier molecular flexibility index (Phi) is 4.66. The van der Waals surface area contributed by atoms with Crippen LogP contribution in [-0.2, 0) is 6.54 Å². The van der Waals surface area contributed by atoms with Gasteiger partial charge < -0.3 is 10.1 Å². The maximum Gasteiger partial charge on any atom is 0.139 e. The molecule has 0 unspecified atom stereocenters. The lowest BCUT2D eigenvalue weighted by Gasteiger charge is -2.10. The van der Waals surface area contributed by atoms with Crippen LogP contribution in [0.1, 0.15) is 5.56 Å². The van der Waals surface area contributed by atoms with E-state index in [1.807, 2.05) is 6.07 Å². The number of rotatable bonds is 4. The first-order chi connectivity index (χ1) is 9.10. The van der Waals surface area contributed by atoms with E-state index in [4.69, 9.17) is 16.3 Å². The highest BCUT2D eigenvalue weighted by atomic mass is 79.9. The van der Waals surface area contributed by atoms with Gasteiger partial charge in [0.1, 0.15) is 11.6 Å². The molecule has 0 aromatic heterocycles. The van der Waals surface area contributed by atoms with E-state index in [9.17, 15) is 4.39 Å². The summed E-state index contributed by atoms with van der Waals surface area (Å²) in [5, 5.41) is 3.75. The van der Waals surface area contributed by atoms with Crippen molar-refractivity contribution in [2.45, 2.75) is 6.54 Å². The number of anilines is 1. The first-order valence-corrected chi connectivity index (χ1v) is 6.78. The van der Waals surface area contributed by atoms with Crippen molar-refractivity contribution < 1.29 is 9.13 Å². The van der Waals surface area contributed by atoms with Crippen LogP contribution >= 0.6 is 27.5 Å². The average molecular weight is 345 g/mol. The Morgan fingerprint density at radius 1 is 1.26 bits per heavy atom. The van der Waals surface area contributed by atoms with E-state index in [0.29, 0.717) is 17.3 Å². The molecule has 2 nitrogen and oxygen atoms in total. The number of halogens is 3. The quantitative estimate of drug-likeness (QED) is 0.855. The molecule has 0 aliphatic carbocycles. The summed E-state index contributed by atoms with van der Waals surface area (Å²) in [5.74, 6) is 0.346. The molecule has 0 saturated heterocycles. The lowest BCUT2D eigenvalue weighted by molar-refractivity contribution is 0.415. The van der Waals surface area contributed by atoms with Crippen LogP contribution in [-0.4, -0.2) is 7.11 Å². The van der Waals surface area contributed by atoms with Crippen LogP contribution in [0.25, 0.3) is 0 Å².